The number of carbonyl (C=O) groups is 1. The first-order valence-corrected chi connectivity index (χ1v) is 9.73. The quantitative estimate of drug-likeness (QED) is 0.442. The molecule has 1 amide bonds. The lowest BCUT2D eigenvalue weighted by atomic mass is 10.0. The molecule has 0 aliphatic heterocycles. The maximum Gasteiger partial charge on any atom is 0.277 e. The molecule has 3 aromatic carbocycles. The predicted molar refractivity (Wildman–Crippen MR) is 118 cm³/mol. The van der Waals surface area contributed by atoms with Gasteiger partial charge in [-0.05, 0) is 46.7 Å². The summed E-state index contributed by atoms with van der Waals surface area (Å²) in [4.78, 5) is 12.1. The summed E-state index contributed by atoms with van der Waals surface area (Å²) in [6, 6.07) is 24.2. The van der Waals surface area contributed by atoms with Gasteiger partial charge in [-0.3, -0.25) is 4.79 Å². The van der Waals surface area contributed by atoms with Gasteiger partial charge in [0.05, 0.1) is 6.21 Å². The Morgan fingerprint density at radius 1 is 1.00 bits per heavy atom. The fraction of sp³-hybridized carbons (Fsp3) is 0.200. The minimum Gasteiger partial charge on any atom is -0.483 e. The van der Waals surface area contributed by atoms with Gasteiger partial charge in [0.2, 0.25) is 0 Å². The number of nitrogens with one attached hydrogen (secondary N) is 1. The van der Waals surface area contributed by atoms with E-state index in [9.17, 15) is 4.79 Å². The van der Waals surface area contributed by atoms with Gasteiger partial charge in [-0.25, -0.2) is 5.43 Å². The van der Waals surface area contributed by atoms with E-state index in [0.717, 1.165) is 28.0 Å². The third-order valence-corrected chi connectivity index (χ3v) is 4.57. The molecule has 4 nitrogen and oxygen atoms in total. The lowest BCUT2D eigenvalue weighted by Crippen LogP contribution is -2.25. The molecule has 148 valence electrons. The molecule has 3 aromatic rings. The van der Waals surface area contributed by atoms with E-state index in [1.54, 1.807) is 6.21 Å². The molecule has 0 radical (unpaired) electrons. The van der Waals surface area contributed by atoms with Crippen LogP contribution in [0, 0.1) is 6.92 Å². The number of hydrazone groups is 1. The van der Waals surface area contributed by atoms with Crippen LogP contribution in [0.2, 0.25) is 0 Å². The van der Waals surface area contributed by atoms with Gasteiger partial charge in [-0.2, -0.15) is 5.10 Å². The molecule has 0 aliphatic carbocycles. The molecule has 0 heterocycles. The van der Waals surface area contributed by atoms with Crippen LogP contribution >= 0.6 is 0 Å². The van der Waals surface area contributed by atoms with E-state index in [1.807, 2.05) is 61.5 Å². The summed E-state index contributed by atoms with van der Waals surface area (Å²) < 4.78 is 5.72. The molecule has 0 bridgehead atoms. The Morgan fingerprint density at radius 2 is 1.69 bits per heavy atom. The molecular weight excluding hydrogens is 360 g/mol. The Balaban J connectivity index is 1.53. The number of amides is 1. The second-order valence-electron chi connectivity index (χ2n) is 7.27. The standard InChI is InChI=1S/C25H26N2O2/c1-18(2)23-14-9-19(3)15-24(23)29-17-25(28)27-26-16-20-10-12-22(13-11-20)21-7-5-4-6-8-21/h4-16,18H,17H2,1-3H3,(H,27,28)/b26-16+. The Labute approximate surface area is 172 Å². The first kappa shape index (κ1) is 20.3. The third-order valence-electron chi connectivity index (χ3n) is 4.57. The zero-order chi connectivity index (χ0) is 20.6. The van der Waals surface area contributed by atoms with Gasteiger partial charge >= 0.3 is 0 Å². The van der Waals surface area contributed by atoms with Crippen molar-refractivity contribution in [2.24, 2.45) is 5.10 Å². The molecular formula is C25H26N2O2. The summed E-state index contributed by atoms with van der Waals surface area (Å²) in [5.74, 6) is 0.777. The smallest absolute Gasteiger partial charge is 0.277 e. The van der Waals surface area contributed by atoms with E-state index in [4.69, 9.17) is 4.74 Å². The summed E-state index contributed by atoms with van der Waals surface area (Å²) in [7, 11) is 0. The van der Waals surface area contributed by atoms with Gasteiger partial charge in [-0.15, -0.1) is 0 Å². The summed E-state index contributed by atoms with van der Waals surface area (Å²) >= 11 is 0. The first-order valence-electron chi connectivity index (χ1n) is 9.73. The summed E-state index contributed by atoms with van der Waals surface area (Å²) in [5, 5.41) is 4.03. The van der Waals surface area contributed by atoms with Gasteiger partial charge < -0.3 is 4.74 Å². The normalized spacial score (nSPS) is 11.0. The van der Waals surface area contributed by atoms with Crippen LogP contribution in [0.15, 0.2) is 77.9 Å². The molecule has 1 N–H and O–H groups in total. The molecule has 3 rings (SSSR count). The fourth-order valence-corrected chi connectivity index (χ4v) is 2.99. The minimum absolute atomic E-state index is 0.0759. The van der Waals surface area contributed by atoms with E-state index in [2.05, 4.69) is 42.6 Å². The Morgan fingerprint density at radius 3 is 2.38 bits per heavy atom. The summed E-state index contributed by atoms with van der Waals surface area (Å²) in [6.45, 7) is 6.13. The predicted octanol–water partition coefficient (Wildman–Crippen LogP) is 5.31. The van der Waals surface area contributed by atoms with Crippen molar-refractivity contribution >= 4 is 12.1 Å². The molecule has 0 unspecified atom stereocenters. The molecule has 0 saturated carbocycles. The third kappa shape index (κ3) is 5.79. The van der Waals surface area contributed by atoms with Crippen LogP contribution in [0.5, 0.6) is 5.75 Å². The molecule has 29 heavy (non-hydrogen) atoms. The minimum atomic E-state index is -0.293. The molecule has 4 heteroatoms. The number of rotatable bonds is 7. The Kier molecular flexibility index (Phi) is 6.80. The zero-order valence-corrected chi connectivity index (χ0v) is 17.1. The number of hydrogen-bond donors (Lipinski definition) is 1. The highest BCUT2D eigenvalue weighted by molar-refractivity contribution is 5.83. The van der Waals surface area contributed by atoms with E-state index < -0.39 is 0 Å². The van der Waals surface area contributed by atoms with E-state index in [0.29, 0.717) is 5.92 Å². The van der Waals surface area contributed by atoms with Crippen LogP contribution in [0.1, 0.15) is 36.5 Å². The summed E-state index contributed by atoms with van der Waals surface area (Å²) in [5.41, 5.74) is 7.92. The largest absolute Gasteiger partial charge is 0.483 e. The van der Waals surface area contributed by atoms with E-state index in [1.165, 1.54) is 5.56 Å². The van der Waals surface area contributed by atoms with Crippen LogP contribution in [0.3, 0.4) is 0 Å². The van der Waals surface area contributed by atoms with Crippen LogP contribution < -0.4 is 10.2 Å². The molecule has 0 aromatic heterocycles. The monoisotopic (exact) mass is 386 g/mol. The second-order valence-corrected chi connectivity index (χ2v) is 7.27. The lowest BCUT2D eigenvalue weighted by Gasteiger charge is -2.14. The SMILES string of the molecule is Cc1ccc(C(C)C)c(OCC(=O)N/N=C/c2ccc(-c3ccccc3)cc2)c1. The number of aryl methyl sites for hydroxylation is 1. The van der Waals surface area contributed by atoms with Crippen molar-refractivity contribution < 1.29 is 9.53 Å². The molecule has 0 fully saturated rings. The van der Waals surface area contributed by atoms with Crippen molar-refractivity contribution in [1.82, 2.24) is 5.43 Å². The topological polar surface area (TPSA) is 50.7 Å². The Hall–Kier alpha value is -3.40. The van der Waals surface area contributed by atoms with Gasteiger partial charge in [0.25, 0.3) is 5.91 Å². The van der Waals surface area contributed by atoms with Crippen LogP contribution in [0.4, 0.5) is 0 Å². The van der Waals surface area contributed by atoms with Gasteiger partial charge in [0, 0.05) is 0 Å². The Bertz CT molecular complexity index is 977. The van der Waals surface area contributed by atoms with Crippen molar-refractivity contribution in [3.05, 3.63) is 89.5 Å². The maximum absolute atomic E-state index is 12.1. The number of hydrogen-bond acceptors (Lipinski definition) is 3. The van der Waals surface area contributed by atoms with E-state index >= 15 is 0 Å². The van der Waals surface area contributed by atoms with E-state index in [-0.39, 0.29) is 12.5 Å². The highest BCUT2D eigenvalue weighted by atomic mass is 16.5. The molecule has 0 aliphatic rings. The number of benzene rings is 3. The van der Waals surface area contributed by atoms with Crippen LogP contribution in [-0.4, -0.2) is 18.7 Å². The van der Waals surface area contributed by atoms with Crippen LogP contribution in [0.25, 0.3) is 11.1 Å². The van der Waals surface area contributed by atoms with Crippen LogP contribution in [-0.2, 0) is 4.79 Å². The highest BCUT2D eigenvalue weighted by Gasteiger charge is 2.10. The first-order chi connectivity index (χ1) is 14.0. The molecule has 0 atom stereocenters. The summed E-state index contributed by atoms with van der Waals surface area (Å²) in [6.07, 6.45) is 1.62. The lowest BCUT2D eigenvalue weighted by molar-refractivity contribution is -0.123. The maximum atomic E-state index is 12.1. The number of carbonyl (C=O) groups excluding carboxylic acids is 1. The molecule has 0 spiro atoms. The van der Waals surface area contributed by atoms with Crippen molar-refractivity contribution in [3.8, 4) is 16.9 Å². The van der Waals surface area contributed by atoms with Crippen molar-refractivity contribution in [2.45, 2.75) is 26.7 Å². The second kappa shape index (κ2) is 9.69. The van der Waals surface area contributed by atoms with Gasteiger partial charge in [-0.1, -0.05) is 80.6 Å². The average molecular weight is 386 g/mol. The van der Waals surface area contributed by atoms with Crippen molar-refractivity contribution in [1.29, 1.82) is 0 Å². The number of ether oxygens (including phenoxy) is 1. The van der Waals surface area contributed by atoms with Crippen molar-refractivity contribution in [3.63, 3.8) is 0 Å². The molecule has 0 saturated heterocycles. The number of nitrogens with zero attached hydrogens (tertiary/aromatic N) is 1. The van der Waals surface area contributed by atoms with Gasteiger partial charge in [0.1, 0.15) is 5.75 Å². The zero-order valence-electron chi connectivity index (χ0n) is 17.1. The van der Waals surface area contributed by atoms with Crippen molar-refractivity contribution in [2.75, 3.05) is 6.61 Å². The van der Waals surface area contributed by atoms with Gasteiger partial charge in [0.15, 0.2) is 6.61 Å². The highest BCUT2D eigenvalue weighted by Crippen LogP contribution is 2.27. The average Bonchev–Trinajstić information content (AvgIpc) is 2.73. The fourth-order valence-electron chi connectivity index (χ4n) is 2.99.